The molecule has 0 heterocycles. The highest BCUT2D eigenvalue weighted by molar-refractivity contribution is 5.41. The molecule has 0 aromatic heterocycles. The minimum absolute atomic E-state index is 0.476. The number of hydrogen-bond donors (Lipinski definition) is 1. The fraction of sp³-hybridized carbons (Fsp3) is 0.625. The van der Waals surface area contributed by atoms with Crippen LogP contribution in [0, 0.1) is 0 Å². The van der Waals surface area contributed by atoms with Gasteiger partial charge >= 0.3 is 0 Å². The lowest BCUT2D eigenvalue weighted by Gasteiger charge is -2.09. The Morgan fingerprint density at radius 1 is 0.295 bits per heavy atom. The van der Waals surface area contributed by atoms with Gasteiger partial charge in [0.05, 0.1) is 119 Å². The standard InChI is InChI=1S/C32H51NO11/c33-30-6-8-32(9-7-30)44-29-27-42-25-23-40-21-19-38-17-15-36-13-11-34-10-12-35-14-16-37-18-20-39-22-24-41-26-28-43-31-4-2-1-3-5-31/h1-9H,10-29,33H2. The highest BCUT2D eigenvalue weighted by Crippen LogP contribution is 2.12. The number of benzene rings is 2. The van der Waals surface area contributed by atoms with Gasteiger partial charge in [-0.05, 0) is 36.4 Å². The Morgan fingerprint density at radius 3 is 0.841 bits per heavy atom. The molecule has 0 aliphatic heterocycles. The number of nitrogen functional groups attached to an aromatic ring is 1. The van der Waals surface area contributed by atoms with Crippen molar-refractivity contribution >= 4 is 5.69 Å². The first kappa shape index (κ1) is 37.7. The van der Waals surface area contributed by atoms with Crippen LogP contribution in [-0.2, 0) is 42.6 Å². The topological polar surface area (TPSA) is 128 Å². The number of anilines is 1. The maximum Gasteiger partial charge on any atom is 0.119 e. The fourth-order valence-electron chi connectivity index (χ4n) is 3.38. The summed E-state index contributed by atoms with van der Waals surface area (Å²) < 4.78 is 60.4. The van der Waals surface area contributed by atoms with Gasteiger partial charge in [-0.1, -0.05) is 18.2 Å². The summed E-state index contributed by atoms with van der Waals surface area (Å²) in [6.07, 6.45) is 0. The van der Waals surface area contributed by atoms with Crippen LogP contribution in [0.4, 0.5) is 5.69 Å². The fourth-order valence-corrected chi connectivity index (χ4v) is 3.38. The number of ether oxygens (including phenoxy) is 11. The molecule has 12 heteroatoms. The molecule has 0 spiro atoms. The summed E-state index contributed by atoms with van der Waals surface area (Å²) in [5, 5.41) is 0. The maximum atomic E-state index is 5.64. The van der Waals surface area contributed by atoms with Gasteiger partial charge in [-0.3, -0.25) is 0 Å². The third-order valence-corrected chi connectivity index (χ3v) is 5.59. The van der Waals surface area contributed by atoms with Crippen molar-refractivity contribution in [1.29, 1.82) is 0 Å². The number of hydrogen-bond acceptors (Lipinski definition) is 12. The lowest BCUT2D eigenvalue weighted by Crippen LogP contribution is -2.15. The van der Waals surface area contributed by atoms with Crippen LogP contribution < -0.4 is 15.2 Å². The van der Waals surface area contributed by atoms with E-state index < -0.39 is 0 Å². The van der Waals surface area contributed by atoms with Gasteiger partial charge in [0, 0.05) is 5.69 Å². The molecule has 0 atom stereocenters. The SMILES string of the molecule is Nc1ccc(OCCOCCOCCOCCOCCOCCOCCOCCOCCOCCOc2ccccc2)cc1. The molecule has 0 aliphatic carbocycles. The molecule has 250 valence electrons. The molecule has 0 saturated carbocycles. The summed E-state index contributed by atoms with van der Waals surface area (Å²) in [6.45, 7) is 10.2. The van der Waals surface area contributed by atoms with Crippen LogP contribution in [0.1, 0.15) is 0 Å². The van der Waals surface area contributed by atoms with Gasteiger partial charge < -0.3 is 57.8 Å². The normalized spacial score (nSPS) is 11.2. The summed E-state index contributed by atoms with van der Waals surface area (Å²) in [5.41, 5.74) is 6.35. The van der Waals surface area contributed by atoms with Gasteiger partial charge in [0.2, 0.25) is 0 Å². The van der Waals surface area contributed by atoms with Gasteiger partial charge in [0.15, 0.2) is 0 Å². The van der Waals surface area contributed by atoms with Crippen LogP contribution in [0.3, 0.4) is 0 Å². The molecule has 0 radical (unpaired) electrons. The lowest BCUT2D eigenvalue weighted by molar-refractivity contribution is -0.0257. The molecule has 2 aromatic carbocycles. The summed E-state index contributed by atoms with van der Waals surface area (Å²) >= 11 is 0. The molecule has 2 aromatic rings. The number of nitrogens with two attached hydrogens (primary N) is 1. The zero-order valence-corrected chi connectivity index (χ0v) is 25.9. The summed E-state index contributed by atoms with van der Waals surface area (Å²) in [5.74, 6) is 1.62. The molecule has 0 fully saturated rings. The van der Waals surface area contributed by atoms with E-state index in [1.807, 2.05) is 42.5 Å². The molecule has 0 bridgehead atoms. The zero-order chi connectivity index (χ0) is 31.0. The van der Waals surface area contributed by atoms with Crippen LogP contribution in [-0.4, -0.2) is 132 Å². The van der Waals surface area contributed by atoms with Crippen molar-refractivity contribution in [3.8, 4) is 11.5 Å². The Morgan fingerprint density at radius 2 is 0.545 bits per heavy atom. The summed E-state index contributed by atoms with van der Waals surface area (Å²) in [7, 11) is 0. The Bertz CT molecular complexity index is 861. The predicted molar refractivity (Wildman–Crippen MR) is 166 cm³/mol. The quantitative estimate of drug-likeness (QED) is 0.0949. The Kier molecular flexibility index (Phi) is 25.0. The van der Waals surface area contributed by atoms with Crippen molar-refractivity contribution in [3.63, 3.8) is 0 Å². The first-order valence-electron chi connectivity index (χ1n) is 15.2. The molecular weight excluding hydrogens is 574 g/mol. The smallest absolute Gasteiger partial charge is 0.119 e. The predicted octanol–water partition coefficient (Wildman–Crippen LogP) is 2.88. The van der Waals surface area contributed by atoms with Crippen molar-refractivity contribution in [2.75, 3.05) is 138 Å². The third-order valence-electron chi connectivity index (χ3n) is 5.59. The molecule has 0 unspecified atom stereocenters. The van der Waals surface area contributed by atoms with Crippen molar-refractivity contribution < 1.29 is 52.1 Å². The molecule has 0 saturated heterocycles. The largest absolute Gasteiger partial charge is 0.491 e. The molecule has 2 rings (SSSR count). The average Bonchev–Trinajstić information content (AvgIpc) is 3.05. The van der Waals surface area contributed by atoms with E-state index in [0.717, 1.165) is 11.5 Å². The van der Waals surface area contributed by atoms with Crippen LogP contribution in [0.25, 0.3) is 0 Å². The lowest BCUT2D eigenvalue weighted by atomic mass is 10.3. The molecule has 0 amide bonds. The molecule has 44 heavy (non-hydrogen) atoms. The van der Waals surface area contributed by atoms with Crippen LogP contribution in [0.5, 0.6) is 11.5 Å². The summed E-state index contributed by atoms with van der Waals surface area (Å²) in [6, 6.07) is 16.9. The second kappa shape index (κ2) is 29.2. The van der Waals surface area contributed by atoms with Gasteiger partial charge in [-0.15, -0.1) is 0 Å². The van der Waals surface area contributed by atoms with E-state index in [1.54, 1.807) is 12.1 Å². The van der Waals surface area contributed by atoms with Crippen LogP contribution in [0.2, 0.25) is 0 Å². The Labute approximate surface area is 261 Å². The molecule has 12 nitrogen and oxygen atoms in total. The van der Waals surface area contributed by atoms with Crippen LogP contribution in [0.15, 0.2) is 54.6 Å². The minimum Gasteiger partial charge on any atom is -0.491 e. The zero-order valence-electron chi connectivity index (χ0n) is 25.9. The van der Waals surface area contributed by atoms with Crippen molar-refractivity contribution in [2.24, 2.45) is 0 Å². The van der Waals surface area contributed by atoms with E-state index in [4.69, 9.17) is 57.8 Å². The summed E-state index contributed by atoms with van der Waals surface area (Å²) in [4.78, 5) is 0. The van der Waals surface area contributed by atoms with Crippen molar-refractivity contribution in [2.45, 2.75) is 0 Å². The average molecular weight is 626 g/mol. The monoisotopic (exact) mass is 625 g/mol. The highest BCUT2D eigenvalue weighted by Gasteiger charge is 1.97. The van der Waals surface area contributed by atoms with E-state index in [2.05, 4.69) is 0 Å². The second-order valence-electron chi connectivity index (χ2n) is 9.09. The van der Waals surface area contributed by atoms with Gasteiger partial charge in [0.25, 0.3) is 0 Å². The second-order valence-corrected chi connectivity index (χ2v) is 9.09. The van der Waals surface area contributed by atoms with Crippen LogP contribution >= 0.6 is 0 Å². The van der Waals surface area contributed by atoms with E-state index in [0.29, 0.717) is 138 Å². The Balaban J connectivity index is 1.15. The van der Waals surface area contributed by atoms with Gasteiger partial charge in [0.1, 0.15) is 24.7 Å². The van der Waals surface area contributed by atoms with E-state index in [9.17, 15) is 0 Å². The highest BCUT2D eigenvalue weighted by atomic mass is 16.6. The number of para-hydroxylation sites is 1. The van der Waals surface area contributed by atoms with E-state index >= 15 is 0 Å². The molecule has 2 N–H and O–H groups in total. The molecule has 0 aliphatic rings. The first-order chi connectivity index (χ1) is 21.8. The Hall–Kier alpha value is -2.52. The first-order valence-corrected chi connectivity index (χ1v) is 15.2. The van der Waals surface area contributed by atoms with Crippen molar-refractivity contribution in [3.05, 3.63) is 54.6 Å². The number of rotatable bonds is 32. The van der Waals surface area contributed by atoms with Gasteiger partial charge in [-0.25, -0.2) is 0 Å². The maximum absolute atomic E-state index is 5.64. The molecular formula is C32H51NO11. The van der Waals surface area contributed by atoms with Crippen molar-refractivity contribution in [1.82, 2.24) is 0 Å². The van der Waals surface area contributed by atoms with Gasteiger partial charge in [-0.2, -0.15) is 0 Å². The third kappa shape index (κ3) is 23.9. The van der Waals surface area contributed by atoms with E-state index in [-0.39, 0.29) is 0 Å². The van der Waals surface area contributed by atoms with E-state index in [1.165, 1.54) is 0 Å². The minimum atomic E-state index is 0.476.